The second kappa shape index (κ2) is 6.71. The highest BCUT2D eigenvalue weighted by Gasteiger charge is 2.51. The number of ether oxygens (including phenoxy) is 1. The summed E-state index contributed by atoms with van der Waals surface area (Å²) in [6.07, 6.45) is 1.97. The van der Waals surface area contributed by atoms with Crippen LogP contribution in [0.1, 0.15) is 26.7 Å². The van der Waals surface area contributed by atoms with E-state index in [1.165, 1.54) is 0 Å². The molecule has 1 aliphatic carbocycles. The third-order valence-electron chi connectivity index (χ3n) is 3.73. The second-order valence-electron chi connectivity index (χ2n) is 5.79. The molecule has 4 nitrogen and oxygen atoms in total. The fraction of sp³-hybridized carbons (Fsp3) is 0.562. The molecule has 0 heterocycles. The summed E-state index contributed by atoms with van der Waals surface area (Å²) in [5.74, 6) is 0.772. The van der Waals surface area contributed by atoms with Crippen LogP contribution in [0.4, 0.5) is 0 Å². The summed E-state index contributed by atoms with van der Waals surface area (Å²) in [6.45, 7) is 3.99. The van der Waals surface area contributed by atoms with Gasteiger partial charge in [-0.3, -0.25) is 10.1 Å². The van der Waals surface area contributed by atoms with Gasteiger partial charge in [0.1, 0.15) is 11.3 Å². The number of para-hydroxylation sites is 1. The van der Waals surface area contributed by atoms with E-state index in [0.29, 0.717) is 5.75 Å². The van der Waals surface area contributed by atoms with Crippen LogP contribution < -0.4 is 10.1 Å². The predicted molar refractivity (Wildman–Crippen MR) is 85.1 cm³/mol. The van der Waals surface area contributed by atoms with Crippen molar-refractivity contribution in [1.29, 1.82) is 0 Å². The summed E-state index contributed by atoms with van der Waals surface area (Å²) in [5, 5.41) is 13.1. The Balaban J connectivity index is 2.17. The number of aliphatic carboxylic acids is 1. The maximum absolute atomic E-state index is 11.9. The topological polar surface area (TPSA) is 58.6 Å². The van der Waals surface area contributed by atoms with Gasteiger partial charge < -0.3 is 9.84 Å². The molecule has 0 amide bonds. The van der Waals surface area contributed by atoms with Gasteiger partial charge in [0.15, 0.2) is 0 Å². The Bertz CT molecular complexity index is 502. The van der Waals surface area contributed by atoms with E-state index in [1.54, 1.807) is 18.9 Å². The van der Waals surface area contributed by atoms with E-state index in [1.807, 2.05) is 38.1 Å². The zero-order chi connectivity index (χ0) is 15.5. The fourth-order valence-electron chi connectivity index (χ4n) is 2.60. The molecule has 1 aliphatic rings. The minimum Gasteiger partial charge on any atom is -0.496 e. The number of hydrogen-bond acceptors (Lipinski definition) is 4. The first-order valence-electron chi connectivity index (χ1n) is 7.26. The lowest BCUT2D eigenvalue weighted by Gasteiger charge is -2.32. The maximum Gasteiger partial charge on any atom is 0.325 e. The molecule has 0 radical (unpaired) electrons. The number of carboxylic acid groups (broad SMARTS) is 1. The van der Waals surface area contributed by atoms with Gasteiger partial charge in [0.05, 0.1) is 7.11 Å². The monoisotopic (exact) mass is 309 g/mol. The van der Waals surface area contributed by atoms with Crippen LogP contribution in [0, 0.1) is 5.92 Å². The number of rotatable bonds is 8. The van der Waals surface area contributed by atoms with Crippen molar-refractivity contribution in [1.82, 2.24) is 5.32 Å². The molecule has 0 aliphatic heterocycles. The number of thioether (sulfide) groups is 1. The van der Waals surface area contributed by atoms with Crippen molar-refractivity contribution in [2.24, 2.45) is 5.92 Å². The molecule has 1 fully saturated rings. The van der Waals surface area contributed by atoms with Gasteiger partial charge in [-0.2, -0.15) is 0 Å². The van der Waals surface area contributed by atoms with Gasteiger partial charge in [-0.25, -0.2) is 0 Å². The summed E-state index contributed by atoms with van der Waals surface area (Å²) < 4.78 is 5.34. The predicted octanol–water partition coefficient (Wildman–Crippen LogP) is 3.02. The lowest BCUT2D eigenvalue weighted by molar-refractivity contribution is -0.145. The van der Waals surface area contributed by atoms with Gasteiger partial charge in [-0.1, -0.05) is 12.1 Å². The first-order chi connectivity index (χ1) is 9.99. The highest BCUT2D eigenvalue weighted by molar-refractivity contribution is 7.99. The van der Waals surface area contributed by atoms with Crippen molar-refractivity contribution in [3.05, 3.63) is 24.3 Å². The van der Waals surface area contributed by atoms with Gasteiger partial charge in [0.25, 0.3) is 0 Å². The van der Waals surface area contributed by atoms with Crippen molar-refractivity contribution in [2.75, 3.05) is 12.9 Å². The minimum atomic E-state index is -0.848. The fourth-order valence-corrected chi connectivity index (χ4v) is 3.89. The van der Waals surface area contributed by atoms with E-state index in [0.717, 1.165) is 23.5 Å². The van der Waals surface area contributed by atoms with E-state index in [9.17, 15) is 9.90 Å². The van der Waals surface area contributed by atoms with Crippen LogP contribution in [0.2, 0.25) is 0 Å². The first kappa shape index (κ1) is 16.2. The van der Waals surface area contributed by atoms with Crippen LogP contribution in [0.15, 0.2) is 29.2 Å². The van der Waals surface area contributed by atoms with Crippen molar-refractivity contribution in [3.63, 3.8) is 0 Å². The Morgan fingerprint density at radius 1 is 1.48 bits per heavy atom. The minimum absolute atomic E-state index is 0.139. The standard InChI is InChI=1S/C16H23NO3S/c1-11(2)17-16(15(18)19,12-8-9-12)10-21-14-7-5-4-6-13(14)20-3/h4-7,11-12,17H,8-10H2,1-3H3,(H,18,19). The van der Waals surface area contributed by atoms with Crippen molar-refractivity contribution in [3.8, 4) is 5.75 Å². The Kier molecular flexibility index (Phi) is 5.17. The van der Waals surface area contributed by atoms with Crippen LogP contribution in [0.3, 0.4) is 0 Å². The zero-order valence-corrected chi connectivity index (χ0v) is 13.6. The average Bonchev–Trinajstić information content (AvgIpc) is 3.28. The van der Waals surface area contributed by atoms with E-state index in [-0.39, 0.29) is 12.0 Å². The van der Waals surface area contributed by atoms with Crippen molar-refractivity contribution >= 4 is 17.7 Å². The highest BCUT2D eigenvalue weighted by Crippen LogP contribution is 2.43. The number of carbonyl (C=O) groups is 1. The Morgan fingerprint density at radius 3 is 2.67 bits per heavy atom. The second-order valence-corrected chi connectivity index (χ2v) is 6.81. The molecule has 1 atom stereocenters. The Labute approximate surface area is 130 Å². The molecular weight excluding hydrogens is 286 g/mol. The van der Waals surface area contributed by atoms with Gasteiger partial charge in [-0.05, 0) is 44.7 Å². The third kappa shape index (κ3) is 3.71. The van der Waals surface area contributed by atoms with Gasteiger partial charge in [0.2, 0.25) is 0 Å². The molecule has 0 saturated heterocycles. The van der Waals surface area contributed by atoms with Crippen LogP contribution in [0.25, 0.3) is 0 Å². The summed E-state index contributed by atoms with van der Waals surface area (Å²) in [4.78, 5) is 12.9. The summed E-state index contributed by atoms with van der Waals surface area (Å²) in [6, 6.07) is 7.87. The molecule has 1 saturated carbocycles. The first-order valence-corrected chi connectivity index (χ1v) is 8.25. The number of carboxylic acids is 1. The van der Waals surface area contributed by atoms with Crippen LogP contribution >= 0.6 is 11.8 Å². The van der Waals surface area contributed by atoms with Crippen LogP contribution in [0.5, 0.6) is 5.75 Å². The molecule has 5 heteroatoms. The zero-order valence-electron chi connectivity index (χ0n) is 12.8. The molecular formula is C16H23NO3S. The molecule has 21 heavy (non-hydrogen) atoms. The quantitative estimate of drug-likeness (QED) is 0.723. The summed E-state index contributed by atoms with van der Waals surface area (Å²) in [7, 11) is 1.64. The normalized spacial score (nSPS) is 17.5. The number of nitrogens with one attached hydrogen (secondary N) is 1. The lowest BCUT2D eigenvalue weighted by Crippen LogP contribution is -2.58. The average molecular weight is 309 g/mol. The van der Waals surface area contributed by atoms with Gasteiger partial charge >= 0.3 is 5.97 Å². The molecule has 0 aromatic heterocycles. The molecule has 116 valence electrons. The highest BCUT2D eigenvalue weighted by atomic mass is 32.2. The Morgan fingerprint density at radius 2 is 2.14 bits per heavy atom. The summed E-state index contributed by atoms with van der Waals surface area (Å²) in [5.41, 5.74) is -0.848. The molecule has 1 aromatic rings. The van der Waals surface area contributed by atoms with Crippen molar-refractivity contribution < 1.29 is 14.6 Å². The molecule has 0 spiro atoms. The summed E-state index contributed by atoms with van der Waals surface area (Å²) >= 11 is 1.55. The Hall–Kier alpha value is -1.20. The molecule has 2 rings (SSSR count). The maximum atomic E-state index is 11.9. The molecule has 0 bridgehead atoms. The number of methoxy groups -OCH3 is 1. The van der Waals surface area contributed by atoms with Crippen molar-refractivity contribution in [2.45, 2.75) is 43.2 Å². The van der Waals surface area contributed by atoms with E-state index >= 15 is 0 Å². The van der Waals surface area contributed by atoms with Crippen LogP contribution in [-0.2, 0) is 4.79 Å². The smallest absolute Gasteiger partial charge is 0.325 e. The molecule has 1 aromatic carbocycles. The van der Waals surface area contributed by atoms with E-state index < -0.39 is 11.5 Å². The number of hydrogen-bond donors (Lipinski definition) is 2. The van der Waals surface area contributed by atoms with Gasteiger partial charge in [0, 0.05) is 16.7 Å². The van der Waals surface area contributed by atoms with E-state index in [4.69, 9.17) is 4.74 Å². The lowest BCUT2D eigenvalue weighted by atomic mass is 9.94. The molecule has 2 N–H and O–H groups in total. The van der Waals surface area contributed by atoms with Crippen LogP contribution in [-0.4, -0.2) is 35.5 Å². The molecule has 1 unspecified atom stereocenters. The van der Waals surface area contributed by atoms with E-state index in [2.05, 4.69) is 5.32 Å². The van der Waals surface area contributed by atoms with Gasteiger partial charge in [-0.15, -0.1) is 11.8 Å². The largest absolute Gasteiger partial charge is 0.496 e. The SMILES string of the molecule is COc1ccccc1SCC(NC(C)C)(C(=O)O)C1CC1. The third-order valence-corrected chi connectivity index (χ3v) is 4.97. The number of benzene rings is 1.